The van der Waals surface area contributed by atoms with Gasteiger partial charge in [-0.25, -0.2) is 9.97 Å². The molecular formula is C18H25N5O. The minimum atomic E-state index is 0.411. The number of anilines is 1. The normalized spacial score (nSPS) is 21.4. The van der Waals surface area contributed by atoms with Crippen LogP contribution in [0.2, 0.25) is 0 Å². The Morgan fingerprint density at radius 1 is 1.29 bits per heavy atom. The van der Waals surface area contributed by atoms with Crippen LogP contribution in [0.15, 0.2) is 36.8 Å². The maximum Gasteiger partial charge on any atom is 0.218 e. The lowest BCUT2D eigenvalue weighted by Crippen LogP contribution is -2.45. The van der Waals surface area contributed by atoms with Crippen LogP contribution in [0.25, 0.3) is 0 Å². The molecular weight excluding hydrogens is 302 g/mol. The summed E-state index contributed by atoms with van der Waals surface area (Å²) in [5.74, 6) is 1.99. The van der Waals surface area contributed by atoms with E-state index in [0.717, 1.165) is 37.6 Å². The molecule has 2 atom stereocenters. The summed E-state index contributed by atoms with van der Waals surface area (Å²) in [6.45, 7) is 7.87. The van der Waals surface area contributed by atoms with Crippen molar-refractivity contribution < 1.29 is 4.74 Å². The highest BCUT2D eigenvalue weighted by Crippen LogP contribution is 2.22. The van der Waals surface area contributed by atoms with Crippen LogP contribution in [-0.2, 0) is 6.54 Å². The molecule has 0 aliphatic carbocycles. The molecule has 1 saturated heterocycles. The molecule has 24 heavy (non-hydrogen) atoms. The Labute approximate surface area is 143 Å². The lowest BCUT2D eigenvalue weighted by Gasteiger charge is -2.37. The van der Waals surface area contributed by atoms with Crippen LogP contribution >= 0.6 is 0 Å². The number of rotatable bonds is 6. The van der Waals surface area contributed by atoms with E-state index in [1.807, 2.05) is 31.3 Å². The number of nitrogens with zero attached hydrogens (tertiary/aromatic N) is 4. The van der Waals surface area contributed by atoms with Crippen LogP contribution in [0, 0.1) is 5.92 Å². The summed E-state index contributed by atoms with van der Waals surface area (Å²) in [5.41, 5.74) is 1.13. The second-order valence-corrected chi connectivity index (χ2v) is 6.25. The number of ether oxygens (including phenoxy) is 1. The first kappa shape index (κ1) is 16.6. The fraction of sp³-hybridized carbons (Fsp3) is 0.500. The number of hydrogen-bond donors (Lipinski definition) is 1. The molecule has 0 aromatic carbocycles. The number of aromatic nitrogens is 3. The molecule has 128 valence electrons. The average molecular weight is 327 g/mol. The first-order valence-corrected chi connectivity index (χ1v) is 8.58. The van der Waals surface area contributed by atoms with Crippen LogP contribution < -0.4 is 10.1 Å². The minimum Gasteiger partial charge on any atom is -0.478 e. The fourth-order valence-electron chi connectivity index (χ4n) is 3.15. The molecule has 0 saturated carbocycles. The van der Waals surface area contributed by atoms with E-state index < -0.39 is 0 Å². The molecule has 2 unspecified atom stereocenters. The van der Waals surface area contributed by atoms with Crippen molar-refractivity contribution >= 4 is 5.82 Å². The van der Waals surface area contributed by atoms with Crippen molar-refractivity contribution in [3.8, 4) is 5.88 Å². The first-order chi connectivity index (χ1) is 11.7. The van der Waals surface area contributed by atoms with Gasteiger partial charge in [-0.1, -0.05) is 13.0 Å². The highest BCUT2D eigenvalue weighted by Gasteiger charge is 2.26. The van der Waals surface area contributed by atoms with Crippen molar-refractivity contribution in [2.24, 2.45) is 5.92 Å². The molecule has 3 heterocycles. The van der Waals surface area contributed by atoms with E-state index in [-0.39, 0.29) is 0 Å². The summed E-state index contributed by atoms with van der Waals surface area (Å²) in [5, 5.41) is 3.54. The van der Waals surface area contributed by atoms with E-state index in [0.29, 0.717) is 24.4 Å². The van der Waals surface area contributed by atoms with Gasteiger partial charge in [0.25, 0.3) is 0 Å². The number of nitrogens with one attached hydrogen (secondary N) is 1. The van der Waals surface area contributed by atoms with Crippen molar-refractivity contribution in [2.75, 3.05) is 25.0 Å². The molecule has 6 heteroatoms. The third kappa shape index (κ3) is 4.41. The van der Waals surface area contributed by atoms with E-state index in [2.05, 4.69) is 38.2 Å². The van der Waals surface area contributed by atoms with E-state index in [1.54, 1.807) is 6.33 Å². The van der Waals surface area contributed by atoms with Gasteiger partial charge in [0.15, 0.2) is 0 Å². The maximum absolute atomic E-state index is 5.44. The Morgan fingerprint density at radius 2 is 2.21 bits per heavy atom. The lowest BCUT2D eigenvalue weighted by molar-refractivity contribution is 0.163. The SMILES string of the molecule is CCOc1cc(NC2CCN(Cc3ccccn3)CC2C)ncn1. The van der Waals surface area contributed by atoms with Gasteiger partial charge in [0.1, 0.15) is 12.1 Å². The van der Waals surface area contributed by atoms with Crippen LogP contribution in [0.5, 0.6) is 5.88 Å². The second kappa shape index (κ2) is 8.06. The predicted molar refractivity (Wildman–Crippen MR) is 93.9 cm³/mol. The summed E-state index contributed by atoms with van der Waals surface area (Å²) in [6.07, 6.45) is 4.49. The molecule has 0 bridgehead atoms. The number of pyridine rings is 1. The van der Waals surface area contributed by atoms with Crippen molar-refractivity contribution in [2.45, 2.75) is 32.9 Å². The van der Waals surface area contributed by atoms with Crippen LogP contribution in [-0.4, -0.2) is 45.6 Å². The fourth-order valence-corrected chi connectivity index (χ4v) is 3.15. The Balaban J connectivity index is 1.55. The molecule has 0 spiro atoms. The predicted octanol–water partition coefficient (Wildman–Crippen LogP) is 2.59. The summed E-state index contributed by atoms with van der Waals surface area (Å²) in [7, 11) is 0. The Bertz CT molecular complexity index is 636. The van der Waals surface area contributed by atoms with Crippen molar-refractivity contribution in [1.29, 1.82) is 0 Å². The van der Waals surface area contributed by atoms with E-state index in [1.165, 1.54) is 0 Å². The van der Waals surface area contributed by atoms with Gasteiger partial charge in [-0.15, -0.1) is 0 Å². The average Bonchev–Trinajstić information content (AvgIpc) is 2.59. The molecule has 1 fully saturated rings. The summed E-state index contributed by atoms with van der Waals surface area (Å²) < 4.78 is 5.44. The van der Waals surface area contributed by atoms with Gasteiger partial charge in [-0.3, -0.25) is 9.88 Å². The van der Waals surface area contributed by atoms with Crippen LogP contribution in [0.3, 0.4) is 0 Å². The van der Waals surface area contributed by atoms with Gasteiger partial charge in [-0.05, 0) is 31.4 Å². The zero-order valence-corrected chi connectivity index (χ0v) is 14.4. The maximum atomic E-state index is 5.44. The molecule has 6 nitrogen and oxygen atoms in total. The smallest absolute Gasteiger partial charge is 0.218 e. The highest BCUT2D eigenvalue weighted by atomic mass is 16.5. The highest BCUT2D eigenvalue weighted by molar-refractivity contribution is 5.38. The second-order valence-electron chi connectivity index (χ2n) is 6.25. The minimum absolute atomic E-state index is 0.411. The standard InChI is InChI=1S/C18H25N5O/c1-3-24-18-10-17(20-13-21-18)22-16-7-9-23(11-14(16)2)12-15-6-4-5-8-19-15/h4-6,8,10,13-14,16H,3,7,9,11-12H2,1-2H3,(H,20,21,22). The van der Waals surface area contributed by atoms with Gasteiger partial charge in [0.2, 0.25) is 5.88 Å². The van der Waals surface area contributed by atoms with E-state index in [4.69, 9.17) is 4.74 Å². The first-order valence-electron chi connectivity index (χ1n) is 8.58. The summed E-state index contributed by atoms with van der Waals surface area (Å²) in [6, 6.07) is 8.38. The third-order valence-corrected chi connectivity index (χ3v) is 4.37. The topological polar surface area (TPSA) is 63.2 Å². The lowest BCUT2D eigenvalue weighted by atomic mass is 9.93. The molecule has 0 amide bonds. The van der Waals surface area contributed by atoms with Gasteiger partial charge in [-0.2, -0.15) is 0 Å². The molecule has 1 N–H and O–H groups in total. The largest absolute Gasteiger partial charge is 0.478 e. The van der Waals surface area contributed by atoms with Gasteiger partial charge in [0, 0.05) is 37.9 Å². The Kier molecular flexibility index (Phi) is 5.59. The van der Waals surface area contributed by atoms with Crippen molar-refractivity contribution in [3.05, 3.63) is 42.5 Å². The molecule has 2 aromatic heterocycles. The van der Waals surface area contributed by atoms with Gasteiger partial charge >= 0.3 is 0 Å². The molecule has 1 aliphatic rings. The number of hydrogen-bond acceptors (Lipinski definition) is 6. The zero-order valence-electron chi connectivity index (χ0n) is 14.4. The van der Waals surface area contributed by atoms with Crippen LogP contribution in [0.1, 0.15) is 26.0 Å². The summed E-state index contributed by atoms with van der Waals surface area (Å²) >= 11 is 0. The quantitative estimate of drug-likeness (QED) is 0.880. The zero-order chi connectivity index (χ0) is 16.8. The Hall–Kier alpha value is -2.21. The van der Waals surface area contributed by atoms with Crippen molar-refractivity contribution in [1.82, 2.24) is 19.9 Å². The third-order valence-electron chi connectivity index (χ3n) is 4.37. The van der Waals surface area contributed by atoms with E-state index in [9.17, 15) is 0 Å². The number of piperidine rings is 1. The molecule has 3 rings (SSSR count). The summed E-state index contributed by atoms with van der Waals surface area (Å²) in [4.78, 5) is 15.3. The van der Waals surface area contributed by atoms with E-state index >= 15 is 0 Å². The van der Waals surface area contributed by atoms with Gasteiger partial charge < -0.3 is 10.1 Å². The molecule has 2 aromatic rings. The Morgan fingerprint density at radius 3 is 2.96 bits per heavy atom. The van der Waals surface area contributed by atoms with Crippen molar-refractivity contribution in [3.63, 3.8) is 0 Å². The number of likely N-dealkylation sites (tertiary alicyclic amines) is 1. The molecule has 1 aliphatic heterocycles. The monoisotopic (exact) mass is 327 g/mol. The molecule has 0 radical (unpaired) electrons. The van der Waals surface area contributed by atoms with Crippen LogP contribution in [0.4, 0.5) is 5.82 Å². The van der Waals surface area contributed by atoms with Gasteiger partial charge in [0.05, 0.1) is 12.3 Å².